The number of rotatable bonds is 4. The number of nitrogens with zero attached hydrogens (tertiary/aromatic N) is 1. The SMILES string of the molecule is CNc1c(COC(N)=O)cccc1[N+](=O)[O-]. The Morgan fingerprint density at radius 1 is 1.62 bits per heavy atom. The summed E-state index contributed by atoms with van der Waals surface area (Å²) in [5, 5.41) is 13.4. The lowest BCUT2D eigenvalue weighted by atomic mass is 10.1. The third kappa shape index (κ3) is 2.59. The summed E-state index contributed by atoms with van der Waals surface area (Å²) in [4.78, 5) is 20.6. The maximum absolute atomic E-state index is 10.7. The molecule has 0 aliphatic heterocycles. The molecule has 0 bridgehead atoms. The minimum absolute atomic E-state index is 0.0759. The van der Waals surface area contributed by atoms with Crippen LogP contribution in [-0.2, 0) is 11.3 Å². The fourth-order valence-electron chi connectivity index (χ4n) is 1.30. The van der Waals surface area contributed by atoms with E-state index >= 15 is 0 Å². The van der Waals surface area contributed by atoms with E-state index in [1.807, 2.05) is 0 Å². The number of carbonyl (C=O) groups excluding carboxylic acids is 1. The van der Waals surface area contributed by atoms with Gasteiger partial charge in [-0.05, 0) is 0 Å². The summed E-state index contributed by atoms with van der Waals surface area (Å²) in [5.41, 5.74) is 5.55. The monoisotopic (exact) mass is 225 g/mol. The van der Waals surface area contributed by atoms with Crippen molar-refractivity contribution in [2.24, 2.45) is 5.73 Å². The topological polar surface area (TPSA) is 107 Å². The Kier molecular flexibility index (Phi) is 3.65. The van der Waals surface area contributed by atoms with E-state index in [0.29, 0.717) is 11.3 Å². The van der Waals surface area contributed by atoms with Crippen LogP contribution in [0.4, 0.5) is 16.2 Å². The predicted octanol–water partition coefficient (Wildman–Crippen LogP) is 1.23. The van der Waals surface area contributed by atoms with Crippen molar-refractivity contribution in [2.75, 3.05) is 12.4 Å². The summed E-state index contributed by atoms with van der Waals surface area (Å²) < 4.78 is 4.58. The Hall–Kier alpha value is -2.31. The first-order chi connectivity index (χ1) is 7.56. The molecule has 0 saturated heterocycles. The van der Waals surface area contributed by atoms with Crippen molar-refractivity contribution in [3.8, 4) is 0 Å². The second kappa shape index (κ2) is 4.96. The summed E-state index contributed by atoms with van der Waals surface area (Å²) in [6.07, 6.45) is -0.923. The molecule has 0 aliphatic rings. The van der Waals surface area contributed by atoms with Crippen LogP contribution in [0.25, 0.3) is 0 Å². The van der Waals surface area contributed by atoms with Crippen LogP contribution in [-0.4, -0.2) is 18.1 Å². The van der Waals surface area contributed by atoms with E-state index in [0.717, 1.165) is 0 Å². The van der Waals surface area contributed by atoms with E-state index in [1.54, 1.807) is 13.1 Å². The van der Waals surface area contributed by atoms with E-state index in [9.17, 15) is 14.9 Å². The van der Waals surface area contributed by atoms with Gasteiger partial charge >= 0.3 is 6.09 Å². The number of anilines is 1. The highest BCUT2D eigenvalue weighted by atomic mass is 16.6. The van der Waals surface area contributed by atoms with Gasteiger partial charge in [-0.2, -0.15) is 0 Å². The predicted molar refractivity (Wildman–Crippen MR) is 57.0 cm³/mol. The lowest BCUT2D eigenvalue weighted by molar-refractivity contribution is -0.384. The lowest BCUT2D eigenvalue weighted by Crippen LogP contribution is -2.13. The van der Waals surface area contributed by atoms with Crippen LogP contribution < -0.4 is 11.1 Å². The maximum atomic E-state index is 10.7. The third-order valence-corrected chi connectivity index (χ3v) is 1.95. The number of nitrogens with one attached hydrogen (secondary N) is 1. The van der Waals surface area contributed by atoms with Crippen molar-refractivity contribution in [1.29, 1.82) is 0 Å². The zero-order chi connectivity index (χ0) is 12.1. The number of hydrogen-bond donors (Lipinski definition) is 2. The molecule has 3 N–H and O–H groups in total. The highest BCUT2D eigenvalue weighted by molar-refractivity contribution is 5.68. The molecule has 1 amide bonds. The molecule has 0 fully saturated rings. The minimum atomic E-state index is -0.923. The largest absolute Gasteiger partial charge is 0.445 e. The number of carbonyl (C=O) groups is 1. The Morgan fingerprint density at radius 2 is 2.31 bits per heavy atom. The van der Waals surface area contributed by atoms with E-state index < -0.39 is 11.0 Å². The molecule has 0 spiro atoms. The van der Waals surface area contributed by atoms with Gasteiger partial charge in [-0.1, -0.05) is 12.1 Å². The quantitative estimate of drug-likeness (QED) is 0.591. The van der Waals surface area contributed by atoms with Crippen molar-refractivity contribution >= 4 is 17.5 Å². The molecule has 0 unspecified atom stereocenters. The number of amides is 1. The second-order valence-electron chi connectivity index (χ2n) is 2.93. The molecule has 7 heteroatoms. The second-order valence-corrected chi connectivity index (χ2v) is 2.93. The average molecular weight is 225 g/mol. The van der Waals surface area contributed by atoms with Gasteiger partial charge in [0, 0.05) is 18.7 Å². The number of nitro groups is 1. The lowest BCUT2D eigenvalue weighted by Gasteiger charge is -2.08. The smallest absolute Gasteiger partial charge is 0.404 e. The molecule has 1 rings (SSSR count). The van der Waals surface area contributed by atoms with E-state index in [2.05, 4.69) is 10.1 Å². The third-order valence-electron chi connectivity index (χ3n) is 1.95. The summed E-state index contributed by atoms with van der Waals surface area (Å²) in [6.45, 7) is -0.104. The van der Waals surface area contributed by atoms with Crippen LogP contribution in [0.3, 0.4) is 0 Å². The van der Waals surface area contributed by atoms with E-state index in [1.165, 1.54) is 12.1 Å². The van der Waals surface area contributed by atoms with Crippen molar-refractivity contribution in [1.82, 2.24) is 0 Å². The van der Waals surface area contributed by atoms with Gasteiger partial charge in [0.05, 0.1) is 4.92 Å². The molecule has 86 valence electrons. The van der Waals surface area contributed by atoms with Crippen LogP contribution in [0.5, 0.6) is 0 Å². The van der Waals surface area contributed by atoms with Crippen molar-refractivity contribution in [2.45, 2.75) is 6.61 Å². The Morgan fingerprint density at radius 3 is 2.81 bits per heavy atom. The molecule has 1 aromatic rings. The van der Waals surface area contributed by atoms with Gasteiger partial charge in [0.1, 0.15) is 12.3 Å². The number of ether oxygens (including phenoxy) is 1. The van der Waals surface area contributed by atoms with Crippen LogP contribution in [0, 0.1) is 10.1 Å². The fraction of sp³-hybridized carbons (Fsp3) is 0.222. The Labute approximate surface area is 91.3 Å². The first-order valence-corrected chi connectivity index (χ1v) is 4.42. The standard InChI is InChI=1S/C9H11N3O4/c1-11-8-6(5-16-9(10)13)3-2-4-7(8)12(14)15/h2-4,11H,5H2,1H3,(H2,10,13). The van der Waals surface area contributed by atoms with Gasteiger partial charge in [-0.15, -0.1) is 0 Å². The molecule has 0 aliphatic carbocycles. The molecule has 0 radical (unpaired) electrons. The van der Waals surface area contributed by atoms with Gasteiger partial charge in [-0.3, -0.25) is 10.1 Å². The minimum Gasteiger partial charge on any atom is -0.445 e. The number of benzene rings is 1. The molecule has 0 saturated carbocycles. The van der Waals surface area contributed by atoms with Gasteiger partial charge in [0.2, 0.25) is 0 Å². The molecule has 0 aromatic heterocycles. The van der Waals surface area contributed by atoms with Gasteiger partial charge in [0.15, 0.2) is 0 Å². The van der Waals surface area contributed by atoms with Crippen LogP contribution >= 0.6 is 0 Å². The fourth-order valence-corrected chi connectivity index (χ4v) is 1.30. The number of hydrogen-bond acceptors (Lipinski definition) is 5. The van der Waals surface area contributed by atoms with Crippen molar-refractivity contribution < 1.29 is 14.5 Å². The van der Waals surface area contributed by atoms with E-state index in [4.69, 9.17) is 5.73 Å². The first kappa shape index (κ1) is 11.8. The van der Waals surface area contributed by atoms with Gasteiger partial charge in [0.25, 0.3) is 5.69 Å². The van der Waals surface area contributed by atoms with Crippen LogP contribution in [0.1, 0.15) is 5.56 Å². The highest BCUT2D eigenvalue weighted by Gasteiger charge is 2.16. The molecule has 16 heavy (non-hydrogen) atoms. The zero-order valence-electron chi connectivity index (χ0n) is 8.60. The molecular formula is C9H11N3O4. The van der Waals surface area contributed by atoms with Crippen LogP contribution in [0.15, 0.2) is 18.2 Å². The van der Waals surface area contributed by atoms with Crippen molar-refractivity contribution in [3.63, 3.8) is 0 Å². The molecule has 7 nitrogen and oxygen atoms in total. The van der Waals surface area contributed by atoms with Crippen LogP contribution in [0.2, 0.25) is 0 Å². The summed E-state index contributed by atoms with van der Waals surface area (Å²) >= 11 is 0. The summed E-state index contributed by atoms with van der Waals surface area (Å²) in [7, 11) is 1.55. The van der Waals surface area contributed by atoms with E-state index in [-0.39, 0.29) is 12.3 Å². The zero-order valence-corrected chi connectivity index (χ0v) is 8.60. The number of primary amides is 1. The summed E-state index contributed by atoms with van der Waals surface area (Å²) in [6, 6.07) is 4.49. The maximum Gasteiger partial charge on any atom is 0.404 e. The normalized spacial score (nSPS) is 9.56. The Balaban J connectivity index is 3.04. The molecular weight excluding hydrogens is 214 g/mol. The highest BCUT2D eigenvalue weighted by Crippen LogP contribution is 2.28. The Bertz CT molecular complexity index is 419. The molecule has 0 atom stereocenters. The number of para-hydroxylation sites is 1. The van der Waals surface area contributed by atoms with Gasteiger partial charge < -0.3 is 15.8 Å². The molecule has 1 aromatic carbocycles. The first-order valence-electron chi connectivity index (χ1n) is 4.42. The average Bonchev–Trinajstić information content (AvgIpc) is 2.25. The number of nitro benzene ring substituents is 1. The molecule has 0 heterocycles. The van der Waals surface area contributed by atoms with Gasteiger partial charge in [-0.25, -0.2) is 4.79 Å². The summed E-state index contributed by atoms with van der Waals surface area (Å²) in [5.74, 6) is 0. The number of nitrogens with two attached hydrogens (primary N) is 1. The van der Waals surface area contributed by atoms with Crippen molar-refractivity contribution in [3.05, 3.63) is 33.9 Å².